The van der Waals surface area contributed by atoms with Gasteiger partial charge in [0.1, 0.15) is 0 Å². The number of likely N-dealkylation sites (tertiary alicyclic amines) is 1. The molecule has 22 heavy (non-hydrogen) atoms. The molecule has 0 unspecified atom stereocenters. The molecule has 1 saturated heterocycles. The summed E-state index contributed by atoms with van der Waals surface area (Å²) in [5.74, 6) is 0.921. The molecule has 3 rings (SSSR count). The molecule has 2 heteroatoms. The van der Waals surface area contributed by atoms with E-state index < -0.39 is 0 Å². The van der Waals surface area contributed by atoms with Gasteiger partial charge in [0, 0.05) is 24.3 Å². The van der Waals surface area contributed by atoms with Crippen molar-refractivity contribution in [1.29, 1.82) is 0 Å². The predicted octanol–water partition coefficient (Wildman–Crippen LogP) is 4.68. The van der Waals surface area contributed by atoms with Gasteiger partial charge in [-0.05, 0) is 74.5 Å². The Kier molecular flexibility index (Phi) is 5.44. The summed E-state index contributed by atoms with van der Waals surface area (Å²) in [7, 11) is 0. The van der Waals surface area contributed by atoms with Gasteiger partial charge >= 0.3 is 0 Å². The molecule has 0 bridgehead atoms. The standard InChI is InChI=1S/C20H28N2/c1-2-12-22-13-4-7-18(16-22)6-3-5-17-8-9-20-15-21-11-10-19(20)14-17/h8-11,14-15,18H,2-7,12-13,16H2,1H3/t18-/m1/s1. The van der Waals surface area contributed by atoms with Gasteiger partial charge in [0.2, 0.25) is 0 Å². The molecule has 0 saturated carbocycles. The van der Waals surface area contributed by atoms with E-state index in [1.807, 2.05) is 12.4 Å². The average molecular weight is 296 g/mol. The number of hydrogen-bond acceptors (Lipinski definition) is 2. The Morgan fingerprint density at radius 2 is 2.18 bits per heavy atom. The van der Waals surface area contributed by atoms with Crippen LogP contribution in [0.1, 0.15) is 44.6 Å². The van der Waals surface area contributed by atoms with Gasteiger partial charge in [0.25, 0.3) is 0 Å². The Morgan fingerprint density at radius 1 is 1.23 bits per heavy atom. The summed E-state index contributed by atoms with van der Waals surface area (Å²) in [5, 5.41) is 2.56. The van der Waals surface area contributed by atoms with E-state index in [4.69, 9.17) is 0 Å². The van der Waals surface area contributed by atoms with E-state index in [1.165, 1.54) is 74.5 Å². The van der Waals surface area contributed by atoms with Crippen LogP contribution < -0.4 is 0 Å². The molecule has 2 nitrogen and oxygen atoms in total. The maximum atomic E-state index is 4.18. The molecule has 1 atom stereocenters. The monoisotopic (exact) mass is 296 g/mol. The normalized spacial score (nSPS) is 19.6. The van der Waals surface area contributed by atoms with Gasteiger partial charge in [-0.3, -0.25) is 4.98 Å². The van der Waals surface area contributed by atoms with Crippen LogP contribution in [0.3, 0.4) is 0 Å². The fourth-order valence-electron chi connectivity index (χ4n) is 3.79. The minimum Gasteiger partial charge on any atom is -0.303 e. The fourth-order valence-corrected chi connectivity index (χ4v) is 3.79. The summed E-state index contributed by atoms with van der Waals surface area (Å²) in [6.45, 7) is 6.23. The Morgan fingerprint density at radius 3 is 3.09 bits per heavy atom. The summed E-state index contributed by atoms with van der Waals surface area (Å²) in [6.07, 6.45) is 11.9. The molecular weight excluding hydrogens is 268 g/mol. The molecule has 0 radical (unpaired) electrons. The van der Waals surface area contributed by atoms with E-state index in [-0.39, 0.29) is 0 Å². The molecule has 1 aromatic heterocycles. The molecule has 1 aliphatic rings. The molecule has 2 heterocycles. The molecule has 0 spiro atoms. The zero-order chi connectivity index (χ0) is 15.2. The lowest BCUT2D eigenvalue weighted by Crippen LogP contribution is -2.35. The highest BCUT2D eigenvalue weighted by molar-refractivity contribution is 5.81. The lowest BCUT2D eigenvalue weighted by molar-refractivity contribution is 0.167. The molecule has 118 valence electrons. The third-order valence-electron chi connectivity index (χ3n) is 4.93. The minimum absolute atomic E-state index is 0.921. The van der Waals surface area contributed by atoms with Gasteiger partial charge in [0.05, 0.1) is 0 Å². The average Bonchev–Trinajstić information content (AvgIpc) is 2.55. The van der Waals surface area contributed by atoms with E-state index in [0.29, 0.717) is 0 Å². The first-order chi connectivity index (χ1) is 10.8. The third kappa shape index (κ3) is 4.07. The SMILES string of the molecule is CCCN1CCC[C@@H](CCCc2ccc3cnccc3c2)C1. The second kappa shape index (κ2) is 7.73. The fraction of sp³-hybridized carbons (Fsp3) is 0.550. The summed E-state index contributed by atoms with van der Waals surface area (Å²) in [6, 6.07) is 8.93. The minimum atomic E-state index is 0.921. The lowest BCUT2D eigenvalue weighted by Gasteiger charge is -2.32. The topological polar surface area (TPSA) is 16.1 Å². The Hall–Kier alpha value is -1.41. The Balaban J connectivity index is 1.49. The van der Waals surface area contributed by atoms with Crippen molar-refractivity contribution in [3.05, 3.63) is 42.2 Å². The van der Waals surface area contributed by atoms with Gasteiger partial charge in [0.15, 0.2) is 0 Å². The molecule has 1 aromatic carbocycles. The zero-order valence-electron chi connectivity index (χ0n) is 13.8. The van der Waals surface area contributed by atoms with Crippen LogP contribution in [0.5, 0.6) is 0 Å². The number of aromatic nitrogens is 1. The molecule has 0 amide bonds. The van der Waals surface area contributed by atoms with Crippen LogP contribution in [0.2, 0.25) is 0 Å². The summed E-state index contributed by atoms with van der Waals surface area (Å²) >= 11 is 0. The molecular formula is C20H28N2. The van der Waals surface area contributed by atoms with E-state index in [2.05, 4.69) is 41.1 Å². The maximum Gasteiger partial charge on any atom is 0.0346 e. The van der Waals surface area contributed by atoms with Crippen LogP contribution in [0.15, 0.2) is 36.7 Å². The maximum absolute atomic E-state index is 4.18. The number of aryl methyl sites for hydroxylation is 1. The van der Waals surface area contributed by atoms with Crippen molar-refractivity contribution in [3.63, 3.8) is 0 Å². The van der Waals surface area contributed by atoms with Crippen LogP contribution in [0, 0.1) is 5.92 Å². The Bertz CT molecular complexity index is 591. The second-order valence-corrected chi connectivity index (χ2v) is 6.76. The van der Waals surface area contributed by atoms with Crippen LogP contribution in [-0.2, 0) is 6.42 Å². The van der Waals surface area contributed by atoms with Crippen molar-refractivity contribution in [1.82, 2.24) is 9.88 Å². The van der Waals surface area contributed by atoms with E-state index >= 15 is 0 Å². The molecule has 2 aromatic rings. The molecule has 1 fully saturated rings. The highest BCUT2D eigenvalue weighted by atomic mass is 15.1. The zero-order valence-corrected chi connectivity index (χ0v) is 13.8. The van der Waals surface area contributed by atoms with Gasteiger partial charge in [-0.1, -0.05) is 25.1 Å². The largest absolute Gasteiger partial charge is 0.303 e. The Labute approximate surface area is 134 Å². The summed E-state index contributed by atoms with van der Waals surface area (Å²) in [5.41, 5.74) is 1.47. The number of nitrogens with zero attached hydrogens (tertiary/aromatic N) is 2. The number of rotatable bonds is 6. The number of piperidine rings is 1. The van der Waals surface area contributed by atoms with E-state index in [0.717, 1.165) is 5.92 Å². The van der Waals surface area contributed by atoms with Crippen molar-refractivity contribution in [3.8, 4) is 0 Å². The summed E-state index contributed by atoms with van der Waals surface area (Å²) < 4.78 is 0. The number of pyridine rings is 1. The first-order valence-corrected chi connectivity index (χ1v) is 8.90. The molecule has 1 aliphatic heterocycles. The quantitative estimate of drug-likeness (QED) is 0.769. The van der Waals surface area contributed by atoms with Crippen molar-refractivity contribution in [2.24, 2.45) is 5.92 Å². The van der Waals surface area contributed by atoms with Gasteiger partial charge < -0.3 is 4.90 Å². The van der Waals surface area contributed by atoms with Crippen LogP contribution >= 0.6 is 0 Å². The van der Waals surface area contributed by atoms with Crippen molar-refractivity contribution < 1.29 is 0 Å². The first-order valence-electron chi connectivity index (χ1n) is 8.90. The lowest BCUT2D eigenvalue weighted by atomic mass is 9.91. The smallest absolute Gasteiger partial charge is 0.0346 e. The number of fused-ring (bicyclic) bond motifs is 1. The van der Waals surface area contributed by atoms with E-state index in [1.54, 1.807) is 0 Å². The predicted molar refractivity (Wildman–Crippen MR) is 94.1 cm³/mol. The van der Waals surface area contributed by atoms with Crippen LogP contribution in [0.25, 0.3) is 10.8 Å². The van der Waals surface area contributed by atoms with Crippen molar-refractivity contribution >= 4 is 10.8 Å². The molecule has 0 N–H and O–H groups in total. The first kappa shape index (κ1) is 15.5. The van der Waals surface area contributed by atoms with Gasteiger partial charge in [-0.15, -0.1) is 0 Å². The number of benzene rings is 1. The third-order valence-corrected chi connectivity index (χ3v) is 4.93. The van der Waals surface area contributed by atoms with E-state index in [9.17, 15) is 0 Å². The van der Waals surface area contributed by atoms with Crippen molar-refractivity contribution in [2.45, 2.75) is 45.4 Å². The highest BCUT2D eigenvalue weighted by Crippen LogP contribution is 2.23. The summed E-state index contributed by atoms with van der Waals surface area (Å²) in [4.78, 5) is 6.85. The molecule has 0 aliphatic carbocycles. The number of hydrogen-bond donors (Lipinski definition) is 0. The second-order valence-electron chi connectivity index (χ2n) is 6.76. The van der Waals surface area contributed by atoms with Crippen LogP contribution in [0.4, 0.5) is 0 Å². The van der Waals surface area contributed by atoms with Crippen molar-refractivity contribution in [2.75, 3.05) is 19.6 Å². The van der Waals surface area contributed by atoms with Gasteiger partial charge in [-0.2, -0.15) is 0 Å². The van der Waals surface area contributed by atoms with Crippen LogP contribution in [-0.4, -0.2) is 29.5 Å². The highest BCUT2D eigenvalue weighted by Gasteiger charge is 2.18. The van der Waals surface area contributed by atoms with Gasteiger partial charge in [-0.25, -0.2) is 0 Å².